The van der Waals surface area contributed by atoms with Crippen molar-refractivity contribution in [2.75, 3.05) is 20.3 Å². The maximum atomic E-state index is 13.1. The van der Waals surface area contributed by atoms with E-state index in [9.17, 15) is 8.42 Å². The standard InChI is InChI=1S/C22H23N5O4S/c1-14-17-7-3-4-8-18(17)22-25-24-21(27(22)26-14)15-9-10-19(30-2)20(12-15)32(28,29)23-13-16-6-5-11-31-16/h3-4,7-10,12,16,23H,5-6,11,13H2,1-2H3/t16-/m1/s1. The van der Waals surface area contributed by atoms with Gasteiger partial charge in [0.15, 0.2) is 11.5 Å². The molecule has 5 rings (SSSR count). The van der Waals surface area contributed by atoms with Gasteiger partial charge in [0.2, 0.25) is 10.0 Å². The molecule has 1 aliphatic heterocycles. The normalized spacial score (nSPS) is 16.8. The fraction of sp³-hybridized carbons (Fsp3) is 0.318. The predicted molar refractivity (Wildman–Crippen MR) is 119 cm³/mol. The monoisotopic (exact) mass is 453 g/mol. The van der Waals surface area contributed by atoms with Gasteiger partial charge in [0.25, 0.3) is 0 Å². The molecular formula is C22H23N5O4S. The Morgan fingerprint density at radius 3 is 2.75 bits per heavy atom. The smallest absolute Gasteiger partial charge is 0.244 e. The van der Waals surface area contributed by atoms with Gasteiger partial charge in [-0.1, -0.05) is 24.3 Å². The van der Waals surface area contributed by atoms with E-state index in [0.717, 1.165) is 29.3 Å². The molecule has 166 valence electrons. The number of nitrogens with zero attached hydrogens (tertiary/aromatic N) is 4. The van der Waals surface area contributed by atoms with E-state index in [4.69, 9.17) is 9.47 Å². The van der Waals surface area contributed by atoms with E-state index in [1.54, 1.807) is 22.7 Å². The molecule has 32 heavy (non-hydrogen) atoms. The number of aryl methyl sites for hydroxylation is 1. The Kier molecular flexibility index (Phi) is 5.28. The van der Waals surface area contributed by atoms with Crippen LogP contribution in [-0.2, 0) is 14.8 Å². The average Bonchev–Trinajstić information content (AvgIpc) is 3.48. The second-order valence-electron chi connectivity index (χ2n) is 7.74. The Bertz CT molecular complexity index is 1410. The zero-order valence-corrected chi connectivity index (χ0v) is 18.6. The van der Waals surface area contributed by atoms with Crippen molar-refractivity contribution >= 4 is 26.4 Å². The van der Waals surface area contributed by atoms with E-state index in [0.29, 0.717) is 23.6 Å². The summed E-state index contributed by atoms with van der Waals surface area (Å²) in [5, 5.41) is 15.2. The lowest BCUT2D eigenvalue weighted by Gasteiger charge is -2.14. The number of hydrogen-bond donors (Lipinski definition) is 1. The SMILES string of the molecule is COc1ccc(-c2nnc3c4ccccc4c(C)nn23)cc1S(=O)(=O)NC[C@H]1CCCO1. The van der Waals surface area contributed by atoms with Crippen molar-refractivity contribution in [3.8, 4) is 17.1 Å². The highest BCUT2D eigenvalue weighted by atomic mass is 32.2. The summed E-state index contributed by atoms with van der Waals surface area (Å²) in [6, 6.07) is 12.8. The predicted octanol–water partition coefficient (Wildman–Crippen LogP) is 2.72. The molecule has 9 nitrogen and oxygen atoms in total. The molecule has 1 atom stereocenters. The van der Waals surface area contributed by atoms with Crippen molar-refractivity contribution in [2.24, 2.45) is 0 Å². The number of hydrogen-bond acceptors (Lipinski definition) is 7. The van der Waals surface area contributed by atoms with Crippen molar-refractivity contribution in [1.29, 1.82) is 0 Å². The van der Waals surface area contributed by atoms with Crippen LogP contribution in [0.4, 0.5) is 0 Å². The van der Waals surface area contributed by atoms with Crippen LogP contribution < -0.4 is 9.46 Å². The third kappa shape index (κ3) is 3.60. The maximum absolute atomic E-state index is 13.1. The molecule has 0 bridgehead atoms. The summed E-state index contributed by atoms with van der Waals surface area (Å²) in [6.07, 6.45) is 1.66. The lowest BCUT2D eigenvalue weighted by Crippen LogP contribution is -2.32. The highest BCUT2D eigenvalue weighted by molar-refractivity contribution is 7.89. The Hall–Kier alpha value is -3.08. The van der Waals surface area contributed by atoms with E-state index in [1.807, 2.05) is 31.2 Å². The first-order chi connectivity index (χ1) is 15.5. The first-order valence-corrected chi connectivity index (χ1v) is 11.9. The van der Waals surface area contributed by atoms with Crippen LogP contribution in [0.2, 0.25) is 0 Å². The highest BCUT2D eigenvalue weighted by Crippen LogP contribution is 2.30. The molecule has 0 unspecified atom stereocenters. The highest BCUT2D eigenvalue weighted by Gasteiger charge is 2.25. The molecule has 2 aromatic carbocycles. The third-order valence-corrected chi connectivity index (χ3v) is 7.13. The summed E-state index contributed by atoms with van der Waals surface area (Å²) in [5.41, 5.74) is 2.00. The van der Waals surface area contributed by atoms with Crippen LogP contribution in [0, 0.1) is 6.92 Å². The van der Waals surface area contributed by atoms with Crippen LogP contribution >= 0.6 is 0 Å². The van der Waals surface area contributed by atoms with Gasteiger partial charge in [-0.3, -0.25) is 0 Å². The van der Waals surface area contributed by atoms with Gasteiger partial charge < -0.3 is 9.47 Å². The van der Waals surface area contributed by atoms with Gasteiger partial charge in [0.05, 0.1) is 18.9 Å². The lowest BCUT2D eigenvalue weighted by atomic mass is 10.1. The molecule has 1 saturated heterocycles. The van der Waals surface area contributed by atoms with Gasteiger partial charge >= 0.3 is 0 Å². The van der Waals surface area contributed by atoms with E-state index < -0.39 is 10.0 Å². The number of nitrogens with one attached hydrogen (secondary N) is 1. The summed E-state index contributed by atoms with van der Waals surface area (Å²) in [4.78, 5) is 0.0322. The van der Waals surface area contributed by atoms with Crippen LogP contribution in [-0.4, -0.2) is 54.6 Å². The van der Waals surface area contributed by atoms with Crippen LogP contribution in [0.3, 0.4) is 0 Å². The molecule has 0 amide bonds. The zero-order valence-electron chi connectivity index (χ0n) is 17.8. The van der Waals surface area contributed by atoms with Gasteiger partial charge in [0.1, 0.15) is 10.6 Å². The van der Waals surface area contributed by atoms with Crippen LogP contribution in [0.5, 0.6) is 5.75 Å². The average molecular weight is 454 g/mol. The fourth-order valence-electron chi connectivity index (χ4n) is 4.03. The fourth-order valence-corrected chi connectivity index (χ4v) is 5.29. The second-order valence-corrected chi connectivity index (χ2v) is 9.48. The van der Waals surface area contributed by atoms with Gasteiger partial charge in [-0.15, -0.1) is 10.2 Å². The third-order valence-electron chi connectivity index (χ3n) is 5.68. The van der Waals surface area contributed by atoms with Crippen molar-refractivity contribution in [3.05, 3.63) is 48.2 Å². The van der Waals surface area contributed by atoms with Crippen LogP contribution in [0.25, 0.3) is 27.8 Å². The summed E-state index contributed by atoms with van der Waals surface area (Å²) < 4.78 is 41.3. The van der Waals surface area contributed by atoms with Crippen molar-refractivity contribution in [1.82, 2.24) is 24.5 Å². The molecule has 0 radical (unpaired) electrons. The van der Waals surface area contributed by atoms with Crippen LogP contribution in [0.1, 0.15) is 18.5 Å². The minimum Gasteiger partial charge on any atom is -0.495 e. The zero-order chi connectivity index (χ0) is 22.3. The topological polar surface area (TPSA) is 108 Å². The maximum Gasteiger partial charge on any atom is 0.244 e. The Morgan fingerprint density at radius 2 is 2.00 bits per heavy atom. The molecule has 2 aromatic heterocycles. The van der Waals surface area contributed by atoms with E-state index in [1.165, 1.54) is 7.11 Å². The molecule has 4 aromatic rings. The number of aromatic nitrogens is 4. The first-order valence-electron chi connectivity index (χ1n) is 10.4. The Balaban J connectivity index is 1.58. The molecule has 0 aliphatic carbocycles. The molecule has 0 saturated carbocycles. The van der Waals surface area contributed by atoms with Crippen molar-refractivity contribution in [2.45, 2.75) is 30.8 Å². The summed E-state index contributed by atoms with van der Waals surface area (Å²) in [6.45, 7) is 2.80. The number of fused-ring (bicyclic) bond motifs is 3. The molecular weight excluding hydrogens is 430 g/mol. The molecule has 1 N–H and O–H groups in total. The molecule has 10 heteroatoms. The van der Waals surface area contributed by atoms with Crippen molar-refractivity contribution < 1.29 is 17.9 Å². The quantitative estimate of drug-likeness (QED) is 0.478. The number of benzene rings is 2. The lowest BCUT2D eigenvalue weighted by molar-refractivity contribution is 0.114. The Labute approximate surface area is 185 Å². The first kappa shape index (κ1) is 20.8. The van der Waals surface area contributed by atoms with E-state index in [-0.39, 0.29) is 23.3 Å². The minimum atomic E-state index is -3.83. The van der Waals surface area contributed by atoms with E-state index >= 15 is 0 Å². The Morgan fingerprint density at radius 1 is 1.19 bits per heavy atom. The minimum absolute atomic E-state index is 0.0322. The molecule has 1 aliphatic rings. The van der Waals surface area contributed by atoms with Crippen LogP contribution in [0.15, 0.2) is 47.4 Å². The van der Waals surface area contributed by atoms with Gasteiger partial charge in [-0.2, -0.15) is 9.61 Å². The summed E-state index contributed by atoms with van der Waals surface area (Å²) >= 11 is 0. The van der Waals surface area contributed by atoms with Gasteiger partial charge in [-0.05, 0) is 38.0 Å². The summed E-state index contributed by atoms with van der Waals surface area (Å²) in [7, 11) is -2.39. The molecule has 1 fully saturated rings. The second kappa shape index (κ2) is 8.12. The van der Waals surface area contributed by atoms with Gasteiger partial charge in [0, 0.05) is 29.5 Å². The van der Waals surface area contributed by atoms with E-state index in [2.05, 4.69) is 20.0 Å². The summed E-state index contributed by atoms with van der Waals surface area (Å²) in [5.74, 6) is 0.698. The number of sulfonamides is 1. The van der Waals surface area contributed by atoms with Crippen molar-refractivity contribution in [3.63, 3.8) is 0 Å². The number of ether oxygens (including phenoxy) is 2. The van der Waals surface area contributed by atoms with Gasteiger partial charge in [-0.25, -0.2) is 13.1 Å². The number of rotatable bonds is 6. The number of methoxy groups -OCH3 is 1. The molecule has 0 spiro atoms. The largest absolute Gasteiger partial charge is 0.495 e. The molecule has 3 heterocycles.